The van der Waals surface area contributed by atoms with Crippen LogP contribution in [0.5, 0.6) is 0 Å². The lowest BCUT2D eigenvalue weighted by atomic mass is 9.79. The first-order chi connectivity index (χ1) is 8.26. The second kappa shape index (κ2) is 7.38. The van der Waals surface area contributed by atoms with Gasteiger partial charge in [0.15, 0.2) is 0 Å². The van der Waals surface area contributed by atoms with Crippen LogP contribution in [0.4, 0.5) is 0 Å². The van der Waals surface area contributed by atoms with Gasteiger partial charge in [0, 0.05) is 23.8 Å². The lowest BCUT2D eigenvalue weighted by Gasteiger charge is -2.08. The van der Waals surface area contributed by atoms with Crippen molar-refractivity contribution in [2.45, 2.75) is 17.4 Å². The van der Waals surface area contributed by atoms with E-state index in [-0.39, 0.29) is 25.1 Å². The van der Waals surface area contributed by atoms with E-state index in [1.807, 2.05) is 18.2 Å². The molecule has 1 unspecified atom stereocenters. The number of nitrogens with two attached hydrogens (primary N) is 1. The van der Waals surface area contributed by atoms with Crippen LogP contribution in [0.15, 0.2) is 23.1 Å². The van der Waals surface area contributed by atoms with Gasteiger partial charge in [-0.05, 0) is 29.6 Å². The molecule has 1 atom stereocenters. The second-order valence-corrected chi connectivity index (χ2v) is 5.10. The predicted molar refractivity (Wildman–Crippen MR) is 76.6 cm³/mol. The van der Waals surface area contributed by atoms with Crippen LogP contribution in [-0.2, 0) is 4.65 Å². The molecule has 0 saturated heterocycles. The number of hydrogen-bond acceptors (Lipinski definition) is 5. The van der Waals surface area contributed by atoms with Crippen molar-refractivity contribution in [2.75, 3.05) is 18.9 Å². The van der Waals surface area contributed by atoms with Gasteiger partial charge in [-0.1, -0.05) is 6.07 Å². The van der Waals surface area contributed by atoms with Crippen molar-refractivity contribution < 1.29 is 14.8 Å². The molecule has 0 aliphatic carbocycles. The standard InChI is InChI=1S/C11H16BNO3S.ClH/c13-7-11-9-3-2-8(17-5-1-4-14)6-10(9)12(15)16-11;/h2-3,6,11,14-15H,1,4-5,7,13H2;1H. The molecular formula is C11H17BClNO3S. The topological polar surface area (TPSA) is 75.7 Å². The Kier molecular flexibility index (Phi) is 6.48. The van der Waals surface area contributed by atoms with Gasteiger partial charge < -0.3 is 20.5 Å². The van der Waals surface area contributed by atoms with Crippen molar-refractivity contribution in [3.05, 3.63) is 23.8 Å². The molecule has 0 amide bonds. The molecule has 1 aromatic carbocycles. The fourth-order valence-electron chi connectivity index (χ4n) is 1.89. The molecule has 0 aromatic heterocycles. The SMILES string of the molecule is Cl.NCC1OB(O)c2cc(SCCCO)ccc21. The van der Waals surface area contributed by atoms with E-state index in [1.54, 1.807) is 11.8 Å². The van der Waals surface area contributed by atoms with Gasteiger partial charge in [0.05, 0.1) is 6.10 Å². The van der Waals surface area contributed by atoms with Gasteiger partial charge >= 0.3 is 7.12 Å². The quantitative estimate of drug-likeness (QED) is 0.413. The van der Waals surface area contributed by atoms with E-state index >= 15 is 0 Å². The summed E-state index contributed by atoms with van der Waals surface area (Å²) in [6.07, 6.45) is 0.572. The minimum atomic E-state index is -0.864. The zero-order chi connectivity index (χ0) is 12.3. The Labute approximate surface area is 117 Å². The summed E-state index contributed by atoms with van der Waals surface area (Å²) in [6.45, 7) is 0.583. The Hall–Kier alpha value is -0.235. The van der Waals surface area contributed by atoms with Crippen LogP contribution < -0.4 is 11.2 Å². The summed E-state index contributed by atoms with van der Waals surface area (Å²) >= 11 is 1.66. The number of thioether (sulfide) groups is 1. The molecular weight excluding hydrogens is 272 g/mol. The Morgan fingerprint density at radius 2 is 2.22 bits per heavy atom. The molecule has 4 nitrogen and oxygen atoms in total. The Bertz CT molecular complexity index is 397. The van der Waals surface area contributed by atoms with Gasteiger partial charge in [0.2, 0.25) is 0 Å². The van der Waals surface area contributed by atoms with Crippen molar-refractivity contribution in [3.63, 3.8) is 0 Å². The van der Waals surface area contributed by atoms with Crippen LogP contribution in [0.1, 0.15) is 18.1 Å². The predicted octanol–water partition coefficient (Wildman–Crippen LogP) is 0.300. The highest BCUT2D eigenvalue weighted by atomic mass is 35.5. The summed E-state index contributed by atoms with van der Waals surface area (Å²) in [5.74, 6) is 0.868. The van der Waals surface area contributed by atoms with Crippen LogP contribution in [0.2, 0.25) is 0 Å². The molecule has 0 fully saturated rings. The number of halogens is 1. The third-order valence-corrected chi connectivity index (χ3v) is 3.83. The molecule has 1 aliphatic heterocycles. The summed E-state index contributed by atoms with van der Waals surface area (Å²) in [5.41, 5.74) is 7.37. The molecule has 2 rings (SSSR count). The first-order valence-corrected chi connectivity index (χ1v) is 6.66. The molecule has 0 spiro atoms. The van der Waals surface area contributed by atoms with Gasteiger partial charge in [-0.25, -0.2) is 0 Å². The summed E-state index contributed by atoms with van der Waals surface area (Å²) in [7, 11) is -0.864. The maximum atomic E-state index is 9.75. The smallest absolute Gasteiger partial charge is 0.423 e. The molecule has 0 bridgehead atoms. The number of aliphatic hydroxyl groups is 1. The average molecular weight is 290 g/mol. The third-order valence-electron chi connectivity index (χ3n) is 2.75. The molecule has 18 heavy (non-hydrogen) atoms. The van der Waals surface area contributed by atoms with Gasteiger partial charge in [-0.3, -0.25) is 0 Å². The van der Waals surface area contributed by atoms with Gasteiger partial charge in [-0.15, -0.1) is 24.2 Å². The lowest BCUT2D eigenvalue weighted by molar-refractivity contribution is 0.198. The molecule has 7 heteroatoms. The number of benzene rings is 1. The van der Waals surface area contributed by atoms with Crippen LogP contribution in [0.3, 0.4) is 0 Å². The van der Waals surface area contributed by atoms with E-state index in [0.717, 1.165) is 28.1 Å². The molecule has 1 heterocycles. The minimum Gasteiger partial charge on any atom is -0.423 e. The highest BCUT2D eigenvalue weighted by molar-refractivity contribution is 7.99. The Balaban J connectivity index is 0.00000162. The lowest BCUT2D eigenvalue weighted by Crippen LogP contribution is -2.28. The van der Waals surface area contributed by atoms with E-state index in [9.17, 15) is 5.02 Å². The van der Waals surface area contributed by atoms with Crippen LogP contribution >= 0.6 is 24.2 Å². The Morgan fingerprint density at radius 3 is 2.89 bits per heavy atom. The summed E-state index contributed by atoms with van der Waals surface area (Å²) in [6, 6.07) is 5.91. The summed E-state index contributed by atoms with van der Waals surface area (Å²) in [4.78, 5) is 1.08. The van der Waals surface area contributed by atoms with Crippen molar-refractivity contribution in [1.29, 1.82) is 0 Å². The number of rotatable bonds is 5. The summed E-state index contributed by atoms with van der Waals surface area (Å²) in [5, 5.41) is 18.5. The zero-order valence-corrected chi connectivity index (χ0v) is 11.5. The van der Waals surface area contributed by atoms with Crippen LogP contribution in [0, 0.1) is 0 Å². The van der Waals surface area contributed by atoms with E-state index in [0.29, 0.717) is 6.54 Å². The molecule has 0 radical (unpaired) electrons. The van der Waals surface area contributed by atoms with Crippen LogP contribution in [-0.4, -0.2) is 36.2 Å². The van der Waals surface area contributed by atoms with E-state index < -0.39 is 7.12 Å². The fourth-order valence-corrected chi connectivity index (χ4v) is 2.77. The van der Waals surface area contributed by atoms with Gasteiger partial charge in [0.1, 0.15) is 0 Å². The average Bonchev–Trinajstić information content (AvgIpc) is 2.66. The highest BCUT2D eigenvalue weighted by Crippen LogP contribution is 2.26. The maximum Gasteiger partial charge on any atom is 0.492 e. The molecule has 100 valence electrons. The monoisotopic (exact) mass is 289 g/mol. The summed E-state index contributed by atoms with van der Waals surface area (Å²) < 4.78 is 5.34. The van der Waals surface area contributed by atoms with Crippen molar-refractivity contribution in [3.8, 4) is 0 Å². The normalized spacial score (nSPS) is 17.5. The number of aliphatic hydroxyl groups excluding tert-OH is 1. The van der Waals surface area contributed by atoms with Crippen molar-refractivity contribution in [2.24, 2.45) is 5.73 Å². The second-order valence-electron chi connectivity index (χ2n) is 3.93. The maximum absolute atomic E-state index is 9.75. The largest absolute Gasteiger partial charge is 0.492 e. The molecule has 1 aromatic rings. The van der Waals surface area contributed by atoms with E-state index in [4.69, 9.17) is 15.5 Å². The highest BCUT2D eigenvalue weighted by Gasteiger charge is 2.34. The van der Waals surface area contributed by atoms with Gasteiger partial charge in [0.25, 0.3) is 0 Å². The molecule has 0 saturated carbocycles. The third kappa shape index (κ3) is 3.41. The molecule has 1 aliphatic rings. The Morgan fingerprint density at radius 1 is 1.44 bits per heavy atom. The van der Waals surface area contributed by atoms with Crippen molar-refractivity contribution in [1.82, 2.24) is 0 Å². The number of fused-ring (bicyclic) bond motifs is 1. The first-order valence-electron chi connectivity index (χ1n) is 5.67. The zero-order valence-electron chi connectivity index (χ0n) is 9.91. The van der Waals surface area contributed by atoms with Gasteiger partial charge in [-0.2, -0.15) is 0 Å². The molecule has 4 N–H and O–H groups in total. The first kappa shape index (κ1) is 15.8. The number of hydrogen-bond donors (Lipinski definition) is 3. The minimum absolute atomic E-state index is 0. The van der Waals surface area contributed by atoms with Crippen molar-refractivity contribution >= 4 is 36.8 Å². The van der Waals surface area contributed by atoms with Crippen LogP contribution in [0.25, 0.3) is 0 Å². The van der Waals surface area contributed by atoms with E-state index in [2.05, 4.69) is 0 Å². The van der Waals surface area contributed by atoms with E-state index in [1.165, 1.54) is 0 Å². The fraction of sp³-hybridized carbons (Fsp3) is 0.455.